The van der Waals surface area contributed by atoms with Gasteiger partial charge >= 0.3 is 0 Å². The van der Waals surface area contributed by atoms with Gasteiger partial charge in [-0.3, -0.25) is 4.79 Å². The molecule has 0 radical (unpaired) electrons. The molecule has 0 aromatic heterocycles. The molecule has 2 rings (SSSR count). The predicted octanol–water partition coefficient (Wildman–Crippen LogP) is 1.20. The molecule has 1 N–H and O–H groups in total. The normalized spacial score (nSPS) is 29.3. The van der Waals surface area contributed by atoms with Crippen molar-refractivity contribution >= 4 is 5.91 Å². The second kappa shape index (κ2) is 4.49. The second-order valence-electron chi connectivity index (χ2n) is 4.46. The van der Waals surface area contributed by atoms with Crippen molar-refractivity contribution in [2.75, 3.05) is 13.2 Å². The summed E-state index contributed by atoms with van der Waals surface area (Å²) in [5.74, 6) is -0.329. The van der Waals surface area contributed by atoms with E-state index in [0.717, 1.165) is 12.8 Å². The van der Waals surface area contributed by atoms with E-state index in [9.17, 15) is 4.79 Å². The maximum absolute atomic E-state index is 10.8. The van der Waals surface area contributed by atoms with E-state index < -0.39 is 0 Å². The van der Waals surface area contributed by atoms with Crippen LogP contribution in [0.1, 0.15) is 39.0 Å². The van der Waals surface area contributed by atoms with Crippen LogP contribution in [0.25, 0.3) is 0 Å². The van der Waals surface area contributed by atoms with Gasteiger partial charge in [0.1, 0.15) is 6.10 Å². The number of hydrogen-bond donors (Lipinski definition) is 1. The first-order valence-electron chi connectivity index (χ1n) is 5.76. The van der Waals surface area contributed by atoms with Crippen LogP contribution in [-0.4, -0.2) is 30.9 Å². The average Bonchev–Trinajstić information content (AvgIpc) is 2.60. The summed E-state index contributed by atoms with van der Waals surface area (Å²) in [4.78, 5) is 10.8. The topological polar surface area (TPSA) is 47.6 Å². The molecule has 1 saturated heterocycles. The first-order chi connectivity index (χ1) is 7.20. The van der Waals surface area contributed by atoms with Crippen molar-refractivity contribution in [2.45, 2.75) is 50.9 Å². The molecule has 2 fully saturated rings. The molecule has 1 amide bonds. The van der Waals surface area contributed by atoms with Crippen LogP contribution in [-0.2, 0) is 14.3 Å². The van der Waals surface area contributed by atoms with E-state index in [1.165, 1.54) is 26.2 Å². The number of ether oxygens (including phenoxy) is 2. The first kappa shape index (κ1) is 10.9. The van der Waals surface area contributed by atoms with Crippen LogP contribution in [0.3, 0.4) is 0 Å². The third-order valence-corrected chi connectivity index (χ3v) is 3.11. The molecule has 1 atom stereocenters. The summed E-state index contributed by atoms with van der Waals surface area (Å²) < 4.78 is 11.7. The predicted molar refractivity (Wildman–Crippen MR) is 55.3 cm³/mol. The van der Waals surface area contributed by atoms with Crippen molar-refractivity contribution in [1.82, 2.24) is 5.32 Å². The van der Waals surface area contributed by atoms with Crippen molar-refractivity contribution in [3.8, 4) is 0 Å². The van der Waals surface area contributed by atoms with E-state index >= 15 is 0 Å². The summed E-state index contributed by atoms with van der Waals surface area (Å²) in [7, 11) is 0. The second-order valence-corrected chi connectivity index (χ2v) is 4.46. The van der Waals surface area contributed by atoms with Crippen molar-refractivity contribution in [2.24, 2.45) is 0 Å². The van der Waals surface area contributed by atoms with Crippen LogP contribution in [0.15, 0.2) is 0 Å². The van der Waals surface area contributed by atoms with Crippen LogP contribution in [0, 0.1) is 0 Å². The Labute approximate surface area is 90.3 Å². The largest absolute Gasteiger partial charge is 0.354 e. The van der Waals surface area contributed by atoms with Gasteiger partial charge in [0, 0.05) is 26.3 Å². The Morgan fingerprint density at radius 2 is 2.13 bits per heavy atom. The molecule has 1 saturated carbocycles. The smallest absolute Gasteiger partial charge is 0.216 e. The lowest BCUT2D eigenvalue weighted by Gasteiger charge is -2.31. The van der Waals surface area contributed by atoms with Crippen LogP contribution < -0.4 is 5.32 Å². The van der Waals surface area contributed by atoms with E-state index in [2.05, 4.69) is 5.32 Å². The Morgan fingerprint density at radius 3 is 2.80 bits per heavy atom. The van der Waals surface area contributed by atoms with Crippen molar-refractivity contribution in [3.63, 3.8) is 0 Å². The third-order valence-electron chi connectivity index (χ3n) is 3.11. The van der Waals surface area contributed by atoms with Gasteiger partial charge in [0.05, 0.1) is 6.61 Å². The standard InChI is InChI=1S/C11H19NO3/c1-9(13)12-7-10-8-14-11(15-10)5-3-2-4-6-11/h10H,2-8H2,1H3,(H,12,13). The van der Waals surface area contributed by atoms with Crippen molar-refractivity contribution < 1.29 is 14.3 Å². The molecule has 4 nitrogen and oxygen atoms in total. The fourth-order valence-corrected chi connectivity index (χ4v) is 2.33. The fourth-order valence-electron chi connectivity index (χ4n) is 2.33. The Kier molecular flexibility index (Phi) is 3.26. The molecule has 0 bridgehead atoms. The highest BCUT2D eigenvalue weighted by molar-refractivity contribution is 5.72. The summed E-state index contributed by atoms with van der Waals surface area (Å²) in [6.45, 7) is 2.70. The van der Waals surface area contributed by atoms with Gasteiger partial charge in [-0.25, -0.2) is 0 Å². The first-order valence-corrected chi connectivity index (χ1v) is 5.76. The summed E-state index contributed by atoms with van der Waals surface area (Å²) in [5.41, 5.74) is 0. The van der Waals surface area contributed by atoms with Crippen LogP contribution in [0.5, 0.6) is 0 Å². The number of hydrogen-bond acceptors (Lipinski definition) is 3. The van der Waals surface area contributed by atoms with Gasteiger partial charge in [0.2, 0.25) is 5.91 Å². The highest BCUT2D eigenvalue weighted by Crippen LogP contribution is 2.37. The number of amides is 1. The van der Waals surface area contributed by atoms with Gasteiger partial charge in [-0.1, -0.05) is 6.42 Å². The third kappa shape index (κ3) is 2.69. The van der Waals surface area contributed by atoms with Gasteiger partial charge in [-0.2, -0.15) is 0 Å². The summed E-state index contributed by atoms with van der Waals surface area (Å²) in [5, 5.41) is 2.77. The van der Waals surface area contributed by atoms with Crippen molar-refractivity contribution in [3.05, 3.63) is 0 Å². The molecule has 1 aliphatic carbocycles. The maximum atomic E-state index is 10.8. The van der Waals surface area contributed by atoms with Crippen molar-refractivity contribution in [1.29, 1.82) is 0 Å². The minimum atomic E-state index is -0.318. The van der Waals surface area contributed by atoms with E-state index in [1.54, 1.807) is 0 Å². The summed E-state index contributed by atoms with van der Waals surface area (Å²) in [6.07, 6.45) is 5.70. The Morgan fingerprint density at radius 1 is 1.40 bits per heavy atom. The zero-order chi connectivity index (χ0) is 10.7. The van der Waals surface area contributed by atoms with Gasteiger partial charge in [-0.05, 0) is 12.8 Å². The fraction of sp³-hybridized carbons (Fsp3) is 0.909. The van der Waals surface area contributed by atoms with Gasteiger partial charge in [0.25, 0.3) is 0 Å². The lowest BCUT2D eigenvalue weighted by atomic mass is 9.94. The van der Waals surface area contributed by atoms with Crippen LogP contribution >= 0.6 is 0 Å². The lowest BCUT2D eigenvalue weighted by Crippen LogP contribution is -2.36. The average molecular weight is 213 g/mol. The Bertz CT molecular complexity index is 236. The molecular weight excluding hydrogens is 194 g/mol. The molecule has 1 heterocycles. The minimum Gasteiger partial charge on any atom is -0.354 e. The number of carbonyl (C=O) groups excluding carboxylic acids is 1. The highest BCUT2D eigenvalue weighted by Gasteiger charge is 2.41. The molecule has 1 aliphatic heterocycles. The number of nitrogens with one attached hydrogen (secondary N) is 1. The van der Waals surface area contributed by atoms with Crippen LogP contribution in [0.2, 0.25) is 0 Å². The summed E-state index contributed by atoms with van der Waals surface area (Å²) in [6, 6.07) is 0. The molecule has 86 valence electrons. The van der Waals surface area contributed by atoms with Gasteiger partial charge < -0.3 is 14.8 Å². The van der Waals surface area contributed by atoms with E-state index in [-0.39, 0.29) is 17.8 Å². The van der Waals surface area contributed by atoms with Gasteiger partial charge in [0.15, 0.2) is 5.79 Å². The maximum Gasteiger partial charge on any atom is 0.216 e. The molecule has 4 heteroatoms. The van der Waals surface area contributed by atoms with E-state index in [4.69, 9.17) is 9.47 Å². The zero-order valence-corrected chi connectivity index (χ0v) is 9.25. The summed E-state index contributed by atoms with van der Waals surface area (Å²) >= 11 is 0. The molecule has 0 aromatic rings. The molecule has 0 aromatic carbocycles. The molecular formula is C11H19NO3. The number of carbonyl (C=O) groups is 1. The van der Waals surface area contributed by atoms with Gasteiger partial charge in [-0.15, -0.1) is 0 Å². The Hall–Kier alpha value is -0.610. The lowest BCUT2D eigenvalue weighted by molar-refractivity contribution is -0.186. The zero-order valence-electron chi connectivity index (χ0n) is 9.25. The SMILES string of the molecule is CC(=O)NCC1COC2(CCCCC2)O1. The van der Waals surface area contributed by atoms with Crippen LogP contribution in [0.4, 0.5) is 0 Å². The Balaban J connectivity index is 1.80. The monoisotopic (exact) mass is 213 g/mol. The van der Waals surface area contributed by atoms with E-state index in [0.29, 0.717) is 13.2 Å². The number of rotatable bonds is 2. The quantitative estimate of drug-likeness (QED) is 0.749. The highest BCUT2D eigenvalue weighted by atomic mass is 16.7. The molecule has 15 heavy (non-hydrogen) atoms. The molecule has 1 unspecified atom stereocenters. The minimum absolute atomic E-state index is 0.0109. The molecule has 2 aliphatic rings. The van der Waals surface area contributed by atoms with E-state index in [1.807, 2.05) is 0 Å². The molecule has 1 spiro atoms.